The van der Waals surface area contributed by atoms with Crippen LogP contribution in [0.2, 0.25) is 0 Å². The molecule has 20 heavy (non-hydrogen) atoms. The molecule has 0 aromatic heterocycles. The Morgan fingerprint density at radius 1 is 1.25 bits per heavy atom. The maximum Gasteiger partial charge on any atom is 0.163 e. The Morgan fingerprint density at radius 3 is 2.85 bits per heavy atom. The van der Waals surface area contributed by atoms with Crippen molar-refractivity contribution in [2.24, 2.45) is 11.8 Å². The molecule has 2 atom stereocenters. The lowest BCUT2D eigenvalue weighted by Crippen LogP contribution is -2.13. The van der Waals surface area contributed by atoms with Crippen molar-refractivity contribution in [3.8, 4) is 5.75 Å². The van der Waals surface area contributed by atoms with Gasteiger partial charge in [0.1, 0.15) is 5.75 Å². The molecule has 0 radical (unpaired) electrons. The van der Waals surface area contributed by atoms with Crippen LogP contribution in [-0.4, -0.2) is 10.9 Å². The minimum atomic E-state index is 0.167. The number of fused-ring (bicyclic) bond motifs is 1. The van der Waals surface area contributed by atoms with Crippen molar-refractivity contribution in [2.75, 3.05) is 0 Å². The van der Waals surface area contributed by atoms with Crippen LogP contribution in [0.4, 0.5) is 0 Å². The van der Waals surface area contributed by atoms with Crippen LogP contribution in [0.3, 0.4) is 0 Å². The van der Waals surface area contributed by atoms with E-state index in [2.05, 4.69) is 18.2 Å². The molecule has 0 fully saturated rings. The third kappa shape index (κ3) is 2.69. The summed E-state index contributed by atoms with van der Waals surface area (Å²) in [5, 5.41) is 9.24. The number of Topliss-reactive ketones (excluding diaryl/α,β-unsaturated/α-hetero) is 1. The predicted molar refractivity (Wildman–Crippen MR) is 79.7 cm³/mol. The van der Waals surface area contributed by atoms with E-state index in [0.29, 0.717) is 23.8 Å². The molecule has 1 N–H and O–H groups in total. The molecule has 2 unspecified atom stereocenters. The fourth-order valence-corrected chi connectivity index (χ4v) is 3.37. The fourth-order valence-electron chi connectivity index (χ4n) is 3.37. The van der Waals surface area contributed by atoms with Gasteiger partial charge in [0, 0.05) is 12.0 Å². The van der Waals surface area contributed by atoms with Crippen LogP contribution < -0.4 is 0 Å². The molecule has 0 heterocycles. The molecule has 2 aliphatic carbocycles. The van der Waals surface area contributed by atoms with Gasteiger partial charge in [-0.05, 0) is 61.8 Å². The van der Waals surface area contributed by atoms with Crippen molar-refractivity contribution in [1.29, 1.82) is 0 Å². The minimum absolute atomic E-state index is 0.167. The summed E-state index contributed by atoms with van der Waals surface area (Å²) in [6, 6.07) is 6.55. The summed E-state index contributed by atoms with van der Waals surface area (Å²) in [7, 11) is 0. The van der Waals surface area contributed by atoms with Crippen molar-refractivity contribution < 1.29 is 9.90 Å². The summed E-state index contributed by atoms with van der Waals surface area (Å²) < 4.78 is 0. The molecule has 0 aliphatic heterocycles. The Morgan fingerprint density at radius 2 is 2.05 bits per heavy atom. The van der Waals surface area contributed by atoms with Gasteiger partial charge in [0.05, 0.1) is 0 Å². The SMILES string of the molecule is O=C(CCC1=CCC2C=CCCC12)c1ccc(O)cc1. The lowest BCUT2D eigenvalue weighted by Gasteiger charge is -2.23. The fraction of sp³-hybridized carbons (Fsp3) is 0.389. The standard InChI is InChI=1S/C18H20O2/c19-16-10-7-15(8-11-16)18(20)12-9-14-6-5-13-3-1-2-4-17(13)14/h1,3,6-8,10-11,13,17,19H,2,4-5,9,12H2. The number of aromatic hydroxyl groups is 1. The average Bonchev–Trinajstić information content (AvgIpc) is 2.89. The molecule has 0 amide bonds. The van der Waals surface area contributed by atoms with Gasteiger partial charge in [-0.3, -0.25) is 4.79 Å². The van der Waals surface area contributed by atoms with E-state index in [1.165, 1.54) is 18.4 Å². The number of hydrogen-bond donors (Lipinski definition) is 1. The van der Waals surface area contributed by atoms with Gasteiger partial charge in [-0.1, -0.05) is 23.8 Å². The number of carbonyl (C=O) groups is 1. The first-order chi connectivity index (χ1) is 9.74. The highest BCUT2D eigenvalue weighted by molar-refractivity contribution is 5.96. The first-order valence-corrected chi connectivity index (χ1v) is 7.42. The predicted octanol–water partition coefficient (Wildman–Crippen LogP) is 4.27. The quantitative estimate of drug-likeness (QED) is 0.654. The second-order valence-corrected chi connectivity index (χ2v) is 5.76. The van der Waals surface area contributed by atoms with Crippen LogP contribution in [-0.2, 0) is 0 Å². The Balaban J connectivity index is 1.58. The van der Waals surface area contributed by atoms with Crippen LogP contribution in [0, 0.1) is 11.8 Å². The maximum atomic E-state index is 12.1. The van der Waals surface area contributed by atoms with Crippen molar-refractivity contribution in [3.05, 3.63) is 53.6 Å². The van der Waals surface area contributed by atoms with Crippen molar-refractivity contribution >= 4 is 5.78 Å². The Kier molecular flexibility index (Phi) is 3.72. The van der Waals surface area contributed by atoms with Crippen molar-refractivity contribution in [2.45, 2.75) is 32.1 Å². The second-order valence-electron chi connectivity index (χ2n) is 5.76. The maximum absolute atomic E-state index is 12.1. The highest BCUT2D eigenvalue weighted by Gasteiger charge is 2.29. The number of phenolic OH excluding ortho intramolecular Hbond substituents is 1. The van der Waals surface area contributed by atoms with Gasteiger partial charge in [0.15, 0.2) is 5.78 Å². The molecule has 2 nitrogen and oxygen atoms in total. The van der Waals surface area contributed by atoms with Gasteiger partial charge in [0.25, 0.3) is 0 Å². The third-order valence-corrected chi connectivity index (χ3v) is 4.50. The zero-order valence-corrected chi connectivity index (χ0v) is 11.6. The monoisotopic (exact) mass is 268 g/mol. The summed E-state index contributed by atoms with van der Waals surface area (Å²) in [5.74, 6) is 1.73. The van der Waals surface area contributed by atoms with E-state index in [0.717, 1.165) is 12.8 Å². The molecule has 0 bridgehead atoms. The van der Waals surface area contributed by atoms with Crippen LogP contribution in [0.5, 0.6) is 5.75 Å². The highest BCUT2D eigenvalue weighted by Crippen LogP contribution is 2.40. The van der Waals surface area contributed by atoms with E-state index >= 15 is 0 Å². The molecule has 3 rings (SSSR count). The van der Waals surface area contributed by atoms with Crippen LogP contribution >= 0.6 is 0 Å². The lowest BCUT2D eigenvalue weighted by molar-refractivity contribution is 0.0982. The average molecular weight is 268 g/mol. The van der Waals surface area contributed by atoms with Crippen molar-refractivity contribution in [3.63, 3.8) is 0 Å². The Bertz CT molecular complexity index is 551. The van der Waals surface area contributed by atoms with Gasteiger partial charge < -0.3 is 5.11 Å². The summed E-state index contributed by atoms with van der Waals surface area (Å²) in [6.07, 6.45) is 12.0. The molecular formula is C18H20O2. The Hall–Kier alpha value is -1.83. The number of carbonyl (C=O) groups excluding carboxylic acids is 1. The molecule has 104 valence electrons. The molecule has 0 spiro atoms. The molecule has 1 aromatic rings. The molecular weight excluding hydrogens is 248 g/mol. The van der Waals surface area contributed by atoms with E-state index in [4.69, 9.17) is 0 Å². The van der Waals surface area contributed by atoms with E-state index in [9.17, 15) is 9.90 Å². The number of hydrogen-bond acceptors (Lipinski definition) is 2. The number of ketones is 1. The zero-order chi connectivity index (χ0) is 13.9. The summed E-state index contributed by atoms with van der Waals surface area (Å²) in [6.45, 7) is 0. The van der Waals surface area contributed by atoms with Gasteiger partial charge in [-0.15, -0.1) is 0 Å². The largest absolute Gasteiger partial charge is 0.508 e. The third-order valence-electron chi connectivity index (χ3n) is 4.50. The van der Waals surface area contributed by atoms with Gasteiger partial charge in [0.2, 0.25) is 0 Å². The first-order valence-electron chi connectivity index (χ1n) is 7.42. The number of phenols is 1. The smallest absolute Gasteiger partial charge is 0.163 e. The zero-order valence-electron chi connectivity index (χ0n) is 11.6. The highest BCUT2D eigenvalue weighted by atomic mass is 16.3. The normalized spacial score (nSPS) is 24.3. The number of benzene rings is 1. The molecule has 0 saturated carbocycles. The van der Waals surface area contributed by atoms with Crippen LogP contribution in [0.25, 0.3) is 0 Å². The summed E-state index contributed by atoms with van der Waals surface area (Å²) >= 11 is 0. The van der Waals surface area contributed by atoms with Crippen molar-refractivity contribution in [1.82, 2.24) is 0 Å². The molecule has 1 aromatic carbocycles. The van der Waals surface area contributed by atoms with Gasteiger partial charge in [-0.2, -0.15) is 0 Å². The van der Waals surface area contributed by atoms with Gasteiger partial charge >= 0.3 is 0 Å². The molecule has 0 saturated heterocycles. The first kappa shape index (κ1) is 13.2. The minimum Gasteiger partial charge on any atom is -0.508 e. The van der Waals surface area contributed by atoms with Crippen LogP contribution in [0.15, 0.2) is 48.1 Å². The second kappa shape index (κ2) is 5.66. The summed E-state index contributed by atoms with van der Waals surface area (Å²) in [4.78, 5) is 12.1. The van der Waals surface area contributed by atoms with E-state index in [1.807, 2.05) is 0 Å². The number of allylic oxidation sites excluding steroid dienone is 4. The summed E-state index contributed by atoms with van der Waals surface area (Å²) in [5.41, 5.74) is 2.17. The Labute approximate surface area is 119 Å². The number of rotatable bonds is 4. The topological polar surface area (TPSA) is 37.3 Å². The molecule has 2 heteroatoms. The lowest BCUT2D eigenvalue weighted by atomic mass is 9.81. The molecule has 2 aliphatic rings. The van der Waals surface area contributed by atoms with E-state index in [1.54, 1.807) is 24.3 Å². The van der Waals surface area contributed by atoms with E-state index < -0.39 is 0 Å². The van der Waals surface area contributed by atoms with Gasteiger partial charge in [-0.25, -0.2) is 0 Å². The van der Waals surface area contributed by atoms with E-state index in [-0.39, 0.29) is 11.5 Å². The van der Waals surface area contributed by atoms with Crippen LogP contribution in [0.1, 0.15) is 42.5 Å².